The molecule has 11 heteroatoms. The Labute approximate surface area is 257 Å². The average Bonchev–Trinajstić information content (AvgIpc) is 3.36. The van der Waals surface area contributed by atoms with Gasteiger partial charge in [0.25, 0.3) is 14.0 Å². The second-order valence-electron chi connectivity index (χ2n) is 12.6. The summed E-state index contributed by atoms with van der Waals surface area (Å²) in [6.45, 7) is 10.6. The van der Waals surface area contributed by atoms with Crippen molar-refractivity contribution in [1.82, 2.24) is 9.78 Å². The van der Waals surface area contributed by atoms with Crippen molar-refractivity contribution < 1.29 is 28.4 Å². The molecule has 0 bridgehead atoms. The highest BCUT2D eigenvalue weighted by atomic mass is 28.4. The predicted octanol–water partition coefficient (Wildman–Crippen LogP) is 6.17. The number of hydrogen-bond donors (Lipinski definition) is 0. The molecule has 0 radical (unpaired) electrons. The molecule has 5 rings (SSSR count). The molecule has 1 aromatic heterocycles. The van der Waals surface area contributed by atoms with E-state index < -0.39 is 37.2 Å². The molecule has 10 nitrogen and oxygen atoms in total. The number of rotatable bonds is 9. The van der Waals surface area contributed by atoms with Crippen LogP contribution in [0, 0.1) is 16.0 Å². The van der Waals surface area contributed by atoms with E-state index in [1.54, 1.807) is 24.7 Å². The van der Waals surface area contributed by atoms with Crippen molar-refractivity contribution in [2.24, 2.45) is 5.92 Å². The van der Waals surface area contributed by atoms with Gasteiger partial charge in [0.05, 0.1) is 22.6 Å². The first kappa shape index (κ1) is 31.1. The summed E-state index contributed by atoms with van der Waals surface area (Å²) in [5, 5.41) is 19.3. The number of nitro groups is 1. The van der Waals surface area contributed by atoms with Crippen molar-refractivity contribution in [3.63, 3.8) is 0 Å². The number of fused-ring (bicyclic) bond motifs is 1. The second-order valence-corrected chi connectivity index (χ2v) is 16.9. The van der Waals surface area contributed by atoms with Crippen LogP contribution in [0.3, 0.4) is 0 Å². The minimum atomic E-state index is -2.64. The highest BCUT2D eigenvalue weighted by molar-refractivity contribution is 6.99. The molecule has 0 atom stereocenters. The van der Waals surface area contributed by atoms with Crippen molar-refractivity contribution in [3.8, 4) is 0 Å². The lowest BCUT2D eigenvalue weighted by molar-refractivity contribution is -0.385. The Morgan fingerprint density at radius 1 is 1.02 bits per heavy atom. The van der Waals surface area contributed by atoms with Crippen molar-refractivity contribution in [2.75, 3.05) is 6.61 Å². The summed E-state index contributed by atoms with van der Waals surface area (Å²) in [6.07, 6.45) is 1.71. The normalized spacial score (nSPS) is 16.9. The van der Waals surface area contributed by atoms with Gasteiger partial charge in [-0.1, -0.05) is 81.4 Å². The van der Waals surface area contributed by atoms with Crippen LogP contribution in [-0.4, -0.2) is 47.9 Å². The second kappa shape index (κ2) is 12.3. The van der Waals surface area contributed by atoms with Gasteiger partial charge in [0.1, 0.15) is 5.56 Å². The highest BCUT2D eigenvalue weighted by Crippen LogP contribution is 2.42. The van der Waals surface area contributed by atoms with Crippen LogP contribution < -0.4 is 10.4 Å². The number of benzene rings is 3. The van der Waals surface area contributed by atoms with E-state index in [4.69, 9.17) is 9.16 Å². The Morgan fingerprint density at radius 3 is 2.14 bits per heavy atom. The van der Waals surface area contributed by atoms with Crippen molar-refractivity contribution in [2.45, 2.75) is 64.6 Å². The number of ether oxygens (including phenoxy) is 2. The van der Waals surface area contributed by atoms with Gasteiger partial charge in [0, 0.05) is 24.3 Å². The van der Waals surface area contributed by atoms with Crippen LogP contribution in [0.4, 0.5) is 10.5 Å². The van der Waals surface area contributed by atoms with E-state index >= 15 is 0 Å². The van der Waals surface area contributed by atoms with Gasteiger partial charge in [-0.15, -0.1) is 0 Å². The molecule has 1 heterocycles. The van der Waals surface area contributed by atoms with Crippen LogP contribution in [0.1, 0.15) is 63.9 Å². The Kier molecular flexibility index (Phi) is 8.71. The first-order chi connectivity index (χ1) is 20.9. The maximum absolute atomic E-state index is 12.6. The number of hydrogen-bond acceptors (Lipinski definition) is 8. The minimum Gasteiger partial charge on any atom is -0.431 e. The van der Waals surface area contributed by atoms with Crippen LogP contribution in [0.25, 0.3) is 10.9 Å². The summed E-state index contributed by atoms with van der Waals surface area (Å²) in [5.41, 5.74) is -0.435. The zero-order valence-corrected chi connectivity index (χ0v) is 26.6. The van der Waals surface area contributed by atoms with E-state index in [0.29, 0.717) is 23.4 Å². The van der Waals surface area contributed by atoms with E-state index in [-0.39, 0.29) is 16.6 Å². The van der Waals surface area contributed by atoms with Crippen molar-refractivity contribution in [1.29, 1.82) is 0 Å². The molecule has 1 saturated carbocycles. The Bertz CT molecular complexity index is 1620. The van der Waals surface area contributed by atoms with Crippen LogP contribution in [0.15, 0.2) is 79.0 Å². The van der Waals surface area contributed by atoms with Gasteiger partial charge in [0.15, 0.2) is 0 Å². The first-order valence-corrected chi connectivity index (χ1v) is 16.6. The summed E-state index contributed by atoms with van der Waals surface area (Å²) >= 11 is 0. The molecular weight excluding hydrogens is 578 g/mol. The molecule has 0 unspecified atom stereocenters. The first-order valence-electron chi connectivity index (χ1n) is 14.7. The molecule has 0 saturated heterocycles. The molecule has 0 spiro atoms. The van der Waals surface area contributed by atoms with Crippen LogP contribution in [0.5, 0.6) is 0 Å². The summed E-state index contributed by atoms with van der Waals surface area (Å²) < 4.78 is 18.4. The summed E-state index contributed by atoms with van der Waals surface area (Å²) in [7, 11) is -2.64. The molecule has 0 N–H and O–H groups in total. The summed E-state index contributed by atoms with van der Waals surface area (Å²) in [6, 6.07) is 23.7. The zero-order valence-electron chi connectivity index (χ0n) is 25.6. The largest absolute Gasteiger partial charge is 0.516 e. The smallest absolute Gasteiger partial charge is 0.431 e. The number of nitro benzene ring substituents is 1. The number of carbonyl (C=O) groups excluding carboxylic acids is 2. The lowest BCUT2D eigenvalue weighted by atomic mass is 9.81. The van der Waals surface area contributed by atoms with E-state index in [2.05, 4.69) is 79.1 Å². The van der Waals surface area contributed by atoms with Gasteiger partial charge in [0.2, 0.25) is 0 Å². The number of nitrogens with zero attached hydrogens (tertiary/aromatic N) is 3. The van der Waals surface area contributed by atoms with E-state index in [1.165, 1.54) is 22.5 Å². The van der Waals surface area contributed by atoms with Crippen molar-refractivity contribution >= 4 is 47.4 Å². The number of esters is 1. The van der Waals surface area contributed by atoms with E-state index in [0.717, 1.165) is 12.8 Å². The van der Waals surface area contributed by atoms with Crippen LogP contribution in [-0.2, 0) is 13.9 Å². The van der Waals surface area contributed by atoms with Gasteiger partial charge in [-0.05, 0) is 54.1 Å². The predicted molar refractivity (Wildman–Crippen MR) is 169 cm³/mol. The van der Waals surface area contributed by atoms with E-state index in [9.17, 15) is 19.7 Å². The fraction of sp³-hybridized carbons (Fsp3) is 0.364. The zero-order chi connectivity index (χ0) is 31.6. The van der Waals surface area contributed by atoms with Gasteiger partial charge in [-0.2, -0.15) is 5.10 Å². The molecule has 3 aromatic carbocycles. The minimum absolute atomic E-state index is 0.0885. The third-order valence-electron chi connectivity index (χ3n) is 8.10. The molecule has 4 aromatic rings. The monoisotopic (exact) mass is 615 g/mol. The van der Waals surface area contributed by atoms with Gasteiger partial charge in [-0.25, -0.2) is 9.59 Å². The Hall–Kier alpha value is -4.35. The fourth-order valence-electron chi connectivity index (χ4n) is 5.98. The van der Waals surface area contributed by atoms with Crippen molar-refractivity contribution in [3.05, 3.63) is 94.7 Å². The Balaban J connectivity index is 1.33. The third kappa shape index (κ3) is 6.15. The molecular formula is C33H37N3O7Si. The quantitative estimate of drug-likeness (QED) is 0.0720. The van der Waals surface area contributed by atoms with Gasteiger partial charge in [-0.3, -0.25) is 14.8 Å². The lowest BCUT2D eigenvalue weighted by Crippen LogP contribution is -2.67. The van der Waals surface area contributed by atoms with Gasteiger partial charge < -0.3 is 13.9 Å². The Morgan fingerprint density at radius 2 is 1.61 bits per heavy atom. The molecule has 230 valence electrons. The molecule has 0 amide bonds. The average molecular weight is 616 g/mol. The maximum atomic E-state index is 12.6. The maximum Gasteiger partial charge on any atom is 0.516 e. The number of aromatic nitrogens is 2. The lowest BCUT2D eigenvalue weighted by Gasteiger charge is -2.45. The molecule has 1 aliphatic rings. The summed E-state index contributed by atoms with van der Waals surface area (Å²) in [5.74, 6) is -0.844. The standard InChI is InChI=1S/C33H37N3O7Si/c1-22(2)42-32(38)43-31(37)28-19-29-24(18-30(28)36(39)40)20-35(34-29)25-16-23(17-25)21-41-44(33(3,4)5,26-12-8-6-9-13-26)27-14-10-7-11-15-27/h6-15,18-20,22-23,25H,16-17,21H2,1-5H3. The fourth-order valence-corrected chi connectivity index (χ4v) is 10.6. The molecule has 0 aliphatic heterocycles. The van der Waals surface area contributed by atoms with Gasteiger partial charge >= 0.3 is 12.1 Å². The third-order valence-corrected chi connectivity index (χ3v) is 13.1. The van der Waals surface area contributed by atoms with E-state index in [1.807, 2.05) is 12.1 Å². The topological polar surface area (TPSA) is 123 Å². The highest BCUT2D eigenvalue weighted by Gasteiger charge is 2.51. The molecule has 1 aliphatic carbocycles. The number of carbonyl (C=O) groups is 2. The molecule has 44 heavy (non-hydrogen) atoms. The van der Waals surface area contributed by atoms with Crippen LogP contribution >= 0.6 is 0 Å². The summed E-state index contributed by atoms with van der Waals surface area (Å²) in [4.78, 5) is 35.5. The van der Waals surface area contributed by atoms with Crippen LogP contribution in [0.2, 0.25) is 5.04 Å². The molecule has 1 fully saturated rings. The SMILES string of the molecule is CC(C)OC(=O)OC(=O)c1cc2nn(C3CC(CO[Si](c4ccccc4)(c4ccccc4)C(C)(C)C)C3)cc2cc1[N+](=O)[O-].